The Morgan fingerprint density at radius 1 is 0.504 bits per heavy atom. The van der Waals surface area contributed by atoms with Crippen molar-refractivity contribution in [2.24, 2.45) is 21.7 Å². The maximum atomic E-state index is 13.5. The third-order valence-corrected chi connectivity index (χ3v) is 25.5. The van der Waals surface area contributed by atoms with Gasteiger partial charge in [-0.2, -0.15) is 0 Å². The normalized spacial score (nSPS) is 24.3. The summed E-state index contributed by atoms with van der Waals surface area (Å²) in [6.07, 6.45) is 19.0. The fraction of sp³-hybridized carbons (Fsp3) is 0.375. The molecular formula is C88H84Cl4F2N8O15. The monoisotopic (exact) mass is 1670 g/mol. The minimum atomic E-state index is -0.614. The number of ether oxygens (including phenoxy) is 4. The standard InChI is InChI=1S/C24H21ClFN3O4.C24H23ClN2O3.C21H21ClFNO4.C19H19ClN2O4/c1-14-4-5-29-20(6-14)27-9-16(22(29)32)19(30)8-23-11-24(12-23,13-23)28-21(31)10-33-15-2-3-17(25)18(26)7-15;1-15-8-17(6-7-20(15)25)30-11-16(28)9-23-12-24(13-23,14-23)27-22(29)19-10-26-21-5-3-2-4-18(19)21;1-12-7-27-13(2)19(12)17(25)6-20-9-21(10-20,11-20)24-18(26)8-28-14-3-4-15(22)16(23)5-14;1-12-6-14(2-3-15(12)20)25-8-13(23)7-18-9-19(10-18,11-18)22-17(24)16-4-5-21-26-16/h2-7,9H,8,10-13H2,1H3,(H,28,31);2-8,10,26H,9,11-14H2,1H3,(H,27,29);3-5,7H,6,8-11H2,1-2H3,(H,24,26);2-6H,7-11H2,1H3,(H,22,24). The lowest BCUT2D eigenvalue weighted by Crippen LogP contribution is -2.75. The third-order valence-electron chi connectivity index (χ3n) is 24.0. The van der Waals surface area contributed by atoms with Crippen LogP contribution in [0.4, 0.5) is 8.78 Å². The van der Waals surface area contributed by atoms with Crippen LogP contribution < -0.4 is 45.8 Å². The number of H-pyrrole nitrogens is 1. The van der Waals surface area contributed by atoms with E-state index in [1.807, 2.05) is 64.1 Å². The van der Waals surface area contributed by atoms with Gasteiger partial charge in [0.25, 0.3) is 29.2 Å². The average Bonchev–Trinajstić information content (AvgIpc) is 0.885. The zero-order valence-electron chi connectivity index (χ0n) is 64.7. The molecule has 0 spiro atoms. The molecule has 12 aliphatic carbocycles. The Balaban J connectivity index is 0.000000123. The zero-order valence-corrected chi connectivity index (χ0v) is 67.8. The summed E-state index contributed by atoms with van der Waals surface area (Å²) < 4.78 is 60.3. The first-order valence-corrected chi connectivity index (χ1v) is 40.0. The van der Waals surface area contributed by atoms with Crippen LogP contribution in [-0.4, -0.2) is 115 Å². The van der Waals surface area contributed by atoms with Crippen molar-refractivity contribution in [3.8, 4) is 23.0 Å². The number of furan rings is 1. The fourth-order valence-corrected chi connectivity index (χ4v) is 19.9. The van der Waals surface area contributed by atoms with Crippen LogP contribution in [0.1, 0.15) is 172 Å². The number of rotatable bonds is 28. The number of carbonyl (C=O) groups is 8. The van der Waals surface area contributed by atoms with E-state index < -0.39 is 11.6 Å². The van der Waals surface area contributed by atoms with Crippen LogP contribution in [0.15, 0.2) is 160 Å². The van der Waals surface area contributed by atoms with Crippen LogP contribution in [-0.2, 0) is 19.2 Å². The molecule has 117 heavy (non-hydrogen) atoms. The van der Waals surface area contributed by atoms with Gasteiger partial charge in [-0.05, 0) is 234 Å². The molecule has 0 radical (unpaired) electrons. The molecule has 29 heteroatoms. The summed E-state index contributed by atoms with van der Waals surface area (Å²) >= 11 is 23.3. The molecule has 4 amide bonds. The van der Waals surface area contributed by atoms with E-state index in [1.165, 1.54) is 47.1 Å². The van der Waals surface area contributed by atoms with Crippen LogP contribution in [0.5, 0.6) is 23.0 Å². The molecule has 23 nitrogen and oxygen atoms in total. The predicted octanol–water partition coefficient (Wildman–Crippen LogP) is 16.0. The first-order chi connectivity index (χ1) is 55.6. The highest BCUT2D eigenvalue weighted by atomic mass is 35.5. The van der Waals surface area contributed by atoms with Gasteiger partial charge in [0.2, 0.25) is 5.76 Å². The zero-order chi connectivity index (χ0) is 82.8. The van der Waals surface area contributed by atoms with Gasteiger partial charge in [0.15, 0.2) is 36.3 Å². The van der Waals surface area contributed by atoms with Gasteiger partial charge >= 0.3 is 0 Å². The topological polar surface area (TPSA) is 311 Å². The molecule has 5 aromatic heterocycles. The number of benzene rings is 5. The fourth-order valence-electron chi connectivity index (χ4n) is 19.5. The Kier molecular flexibility index (Phi) is 22.0. The molecule has 10 aromatic rings. The smallest absolute Gasteiger partial charge is 0.290 e. The van der Waals surface area contributed by atoms with Gasteiger partial charge in [-0.1, -0.05) is 69.8 Å². The highest BCUT2D eigenvalue weighted by Gasteiger charge is 2.71. The van der Waals surface area contributed by atoms with E-state index in [2.05, 4.69) is 36.4 Å². The molecule has 12 saturated carbocycles. The number of aromatic amines is 1. The Morgan fingerprint density at radius 3 is 1.43 bits per heavy atom. The van der Waals surface area contributed by atoms with E-state index >= 15 is 0 Å². The number of nitrogens with zero attached hydrogens (tertiary/aromatic N) is 3. The van der Waals surface area contributed by atoms with Gasteiger partial charge < -0.3 is 54.1 Å². The van der Waals surface area contributed by atoms with Gasteiger partial charge in [-0.3, -0.25) is 47.6 Å². The number of Topliss-reactive ketones (excluding diaryl/α,β-unsaturated/α-hetero) is 4. The lowest BCUT2D eigenvalue weighted by Gasteiger charge is -2.70. The Labute approximate surface area is 690 Å². The number of hydrogen-bond acceptors (Lipinski definition) is 17. The quantitative estimate of drug-likeness (QED) is 0.0285. The van der Waals surface area contributed by atoms with Crippen LogP contribution in [0, 0.1) is 67.9 Å². The number of ketones is 4. The Morgan fingerprint density at radius 2 is 0.957 bits per heavy atom. The molecule has 608 valence electrons. The molecule has 12 aliphatic rings. The van der Waals surface area contributed by atoms with E-state index in [0.717, 1.165) is 103 Å². The molecule has 12 fully saturated rings. The van der Waals surface area contributed by atoms with Crippen molar-refractivity contribution < 1.29 is 75.0 Å². The van der Waals surface area contributed by atoms with Crippen molar-refractivity contribution in [2.75, 3.05) is 26.4 Å². The summed E-state index contributed by atoms with van der Waals surface area (Å²) in [5, 5.41) is 18.0. The Hall–Kier alpha value is -10.7. The summed E-state index contributed by atoms with van der Waals surface area (Å²) in [5.41, 5.74) is 5.19. The number of pyridine rings is 1. The average molecular weight is 1670 g/mol. The SMILES string of the molecule is Cc1cc(OCC(=O)CC23CC(NC(=O)c4c[nH]c5ccccc45)(C2)C3)ccc1Cl.Cc1cc(OCC(=O)CC23CC(NC(=O)c4ccno4)(C2)C3)ccc1Cl.Cc1ccn2c(=O)c(C(=O)CC34CC(NC(=O)COc5ccc(Cl)c(F)c5)(C3)C4)cnc2c1.Cc1coc(C)c1C(=O)CC12CC(NC(=O)COc3ccc(Cl)c(F)c3)(C1)C2. The van der Waals surface area contributed by atoms with Gasteiger partial charge in [0, 0.05) is 106 Å². The minimum Gasteiger partial charge on any atom is -0.486 e. The molecule has 22 rings (SSSR count). The molecule has 5 aromatic carbocycles. The molecule has 0 saturated heterocycles. The largest absolute Gasteiger partial charge is 0.486 e. The molecular weight excluding hydrogens is 1590 g/mol. The van der Waals surface area contributed by atoms with E-state index in [-0.39, 0.29) is 162 Å². The second-order valence-corrected chi connectivity index (χ2v) is 35.5. The number of amides is 4. The number of aromatic nitrogens is 4. The van der Waals surface area contributed by atoms with Gasteiger partial charge in [0.1, 0.15) is 64.8 Å². The lowest BCUT2D eigenvalue weighted by molar-refractivity contribution is -0.165. The van der Waals surface area contributed by atoms with Crippen molar-refractivity contribution in [3.05, 3.63) is 239 Å². The third kappa shape index (κ3) is 17.2. The maximum Gasteiger partial charge on any atom is 0.290 e. The number of hydrogen-bond donors (Lipinski definition) is 5. The predicted molar refractivity (Wildman–Crippen MR) is 431 cm³/mol. The summed E-state index contributed by atoms with van der Waals surface area (Å²) in [7, 11) is 0. The number of aryl methyl sites for hydroxylation is 5. The molecule has 0 aliphatic heterocycles. The van der Waals surface area contributed by atoms with Crippen LogP contribution >= 0.6 is 46.4 Å². The number of fused-ring (bicyclic) bond motifs is 2. The summed E-state index contributed by atoms with van der Waals surface area (Å²) in [6, 6.07) is 31.7. The highest BCUT2D eigenvalue weighted by molar-refractivity contribution is 6.32. The van der Waals surface area contributed by atoms with E-state index in [1.54, 1.807) is 62.0 Å². The summed E-state index contributed by atoms with van der Waals surface area (Å²) in [5.74, 6) is 0.646. The summed E-state index contributed by atoms with van der Waals surface area (Å²) in [4.78, 5) is 119. The van der Waals surface area contributed by atoms with E-state index in [9.17, 15) is 51.9 Å². The number of carbonyl (C=O) groups excluding carboxylic acids is 8. The van der Waals surface area contributed by atoms with Crippen molar-refractivity contribution >= 4 is 110 Å². The van der Waals surface area contributed by atoms with Crippen molar-refractivity contribution in [1.29, 1.82) is 0 Å². The maximum absolute atomic E-state index is 13.5. The number of halogens is 6. The number of nitrogens with one attached hydrogen (secondary N) is 5. The number of para-hydroxylation sites is 1. The first-order valence-electron chi connectivity index (χ1n) is 38.4. The molecule has 5 heterocycles. The first kappa shape index (κ1) is 81.4. The van der Waals surface area contributed by atoms with Crippen LogP contribution in [0.25, 0.3) is 16.6 Å². The van der Waals surface area contributed by atoms with Crippen molar-refractivity contribution in [2.45, 2.75) is 160 Å². The van der Waals surface area contributed by atoms with Crippen molar-refractivity contribution in [3.63, 3.8) is 0 Å². The second kappa shape index (κ2) is 31.6. The van der Waals surface area contributed by atoms with E-state index in [0.29, 0.717) is 82.6 Å². The molecule has 8 bridgehead atoms. The Bertz CT molecular complexity index is 5640. The molecule has 0 atom stereocenters. The lowest BCUT2D eigenvalue weighted by atomic mass is 9.38. The van der Waals surface area contributed by atoms with Crippen LogP contribution in [0.2, 0.25) is 20.1 Å². The molecule has 0 unspecified atom stereocenters. The van der Waals surface area contributed by atoms with Gasteiger partial charge in [-0.15, -0.1) is 0 Å². The highest BCUT2D eigenvalue weighted by Crippen LogP contribution is 2.72. The van der Waals surface area contributed by atoms with Crippen LogP contribution in [0.3, 0.4) is 0 Å². The van der Waals surface area contributed by atoms with Crippen molar-refractivity contribution in [1.82, 2.24) is 40.8 Å². The second-order valence-electron chi connectivity index (χ2n) is 33.9. The summed E-state index contributed by atoms with van der Waals surface area (Å²) in [6.45, 7) is 9.07. The minimum absolute atomic E-state index is 0.00585. The molecule has 5 N–H and O–H groups in total. The van der Waals surface area contributed by atoms with E-state index in [4.69, 9.17) is 74.3 Å². The van der Waals surface area contributed by atoms with Gasteiger partial charge in [-0.25, -0.2) is 13.8 Å². The van der Waals surface area contributed by atoms with Gasteiger partial charge in [0.05, 0.1) is 33.6 Å².